The topological polar surface area (TPSA) is 40.6 Å². The minimum absolute atomic E-state index is 0.0611. The summed E-state index contributed by atoms with van der Waals surface area (Å²) in [6.45, 7) is 5.82. The molecule has 0 saturated heterocycles. The number of rotatable bonds is 10. The van der Waals surface area contributed by atoms with Crippen molar-refractivity contribution >= 4 is 34.8 Å². The lowest BCUT2D eigenvalue weighted by molar-refractivity contribution is -0.140. The number of benzene rings is 1. The fourth-order valence-electron chi connectivity index (χ4n) is 2.73. The highest BCUT2D eigenvalue weighted by molar-refractivity contribution is 7.09. The third kappa shape index (κ3) is 7.00. The molecule has 4 nitrogen and oxygen atoms in total. The number of halogens is 1. The van der Waals surface area contributed by atoms with E-state index < -0.39 is 0 Å². The minimum Gasteiger partial charge on any atom is -0.332 e. The van der Waals surface area contributed by atoms with E-state index in [2.05, 4.69) is 13.8 Å². The van der Waals surface area contributed by atoms with E-state index in [1.165, 1.54) is 0 Å². The number of hydrogen-bond acceptors (Lipinski definition) is 3. The van der Waals surface area contributed by atoms with Crippen molar-refractivity contribution in [2.75, 3.05) is 19.0 Å². The molecule has 2 amide bonds. The van der Waals surface area contributed by atoms with Gasteiger partial charge in [-0.05, 0) is 22.9 Å². The van der Waals surface area contributed by atoms with Gasteiger partial charge in [-0.25, -0.2) is 0 Å². The fourth-order valence-corrected chi connectivity index (χ4v) is 3.62. The van der Waals surface area contributed by atoms with Gasteiger partial charge in [-0.3, -0.25) is 9.59 Å². The van der Waals surface area contributed by atoms with Gasteiger partial charge in [-0.2, -0.15) is 0 Å². The maximum absolute atomic E-state index is 13.1. The molecular formula is C21H27ClN2O2S. The summed E-state index contributed by atoms with van der Waals surface area (Å²) in [6.07, 6.45) is 0.948. The Morgan fingerprint density at radius 2 is 1.78 bits per heavy atom. The second kappa shape index (κ2) is 11.1. The number of thiophene rings is 1. The van der Waals surface area contributed by atoms with Crippen LogP contribution >= 0.6 is 22.9 Å². The highest BCUT2D eigenvalue weighted by Crippen LogP contribution is 2.16. The van der Waals surface area contributed by atoms with E-state index in [9.17, 15) is 9.59 Å². The van der Waals surface area contributed by atoms with Crippen LogP contribution in [-0.2, 0) is 22.7 Å². The van der Waals surface area contributed by atoms with Crippen molar-refractivity contribution in [3.8, 4) is 0 Å². The maximum atomic E-state index is 13.1. The standard InChI is InChI=1S/C21H27ClN2O2S/c1-3-17(2)13-23(20(25)12-22)16-21(26)24(15-19-10-7-11-27-19)14-18-8-5-4-6-9-18/h4-11,17H,3,12-16H2,1-2H3. The van der Waals surface area contributed by atoms with Gasteiger partial charge in [0.15, 0.2) is 0 Å². The molecular weight excluding hydrogens is 380 g/mol. The quantitative estimate of drug-likeness (QED) is 0.549. The first-order valence-corrected chi connectivity index (χ1v) is 10.6. The van der Waals surface area contributed by atoms with Crippen LogP contribution in [0.15, 0.2) is 47.8 Å². The molecule has 146 valence electrons. The Balaban J connectivity index is 2.13. The molecule has 1 heterocycles. The van der Waals surface area contributed by atoms with Gasteiger partial charge in [-0.15, -0.1) is 22.9 Å². The average molecular weight is 407 g/mol. The van der Waals surface area contributed by atoms with Crippen molar-refractivity contribution in [2.45, 2.75) is 33.4 Å². The number of carbonyl (C=O) groups excluding carboxylic acids is 2. The van der Waals surface area contributed by atoms with Gasteiger partial charge in [-0.1, -0.05) is 56.7 Å². The van der Waals surface area contributed by atoms with E-state index >= 15 is 0 Å². The van der Waals surface area contributed by atoms with Crippen LogP contribution in [-0.4, -0.2) is 40.6 Å². The zero-order valence-corrected chi connectivity index (χ0v) is 17.5. The molecule has 0 aliphatic heterocycles. The van der Waals surface area contributed by atoms with E-state index in [4.69, 9.17) is 11.6 Å². The summed E-state index contributed by atoms with van der Waals surface area (Å²) in [5.74, 6) is -0.0344. The second-order valence-corrected chi connectivity index (χ2v) is 8.04. The van der Waals surface area contributed by atoms with E-state index in [1.54, 1.807) is 16.2 Å². The van der Waals surface area contributed by atoms with Gasteiger partial charge >= 0.3 is 0 Å². The molecule has 1 aromatic heterocycles. The molecule has 0 radical (unpaired) electrons. The normalized spacial score (nSPS) is 11.8. The van der Waals surface area contributed by atoms with Crippen LogP contribution in [0.2, 0.25) is 0 Å². The summed E-state index contributed by atoms with van der Waals surface area (Å²) in [7, 11) is 0. The molecule has 1 aromatic carbocycles. The predicted molar refractivity (Wildman–Crippen MR) is 112 cm³/mol. The van der Waals surface area contributed by atoms with E-state index in [1.807, 2.05) is 52.7 Å². The van der Waals surface area contributed by atoms with Gasteiger partial charge in [0.2, 0.25) is 11.8 Å². The van der Waals surface area contributed by atoms with E-state index in [0.717, 1.165) is 16.9 Å². The largest absolute Gasteiger partial charge is 0.332 e. The SMILES string of the molecule is CCC(C)CN(CC(=O)N(Cc1ccccc1)Cc1cccs1)C(=O)CCl. The van der Waals surface area contributed by atoms with Crippen LogP contribution in [0.1, 0.15) is 30.7 Å². The first-order valence-electron chi connectivity index (χ1n) is 9.21. The molecule has 0 saturated carbocycles. The first kappa shape index (κ1) is 21.5. The summed E-state index contributed by atoms with van der Waals surface area (Å²) in [5, 5.41) is 2.01. The van der Waals surface area contributed by atoms with Gasteiger partial charge in [0.05, 0.1) is 13.1 Å². The van der Waals surface area contributed by atoms with Crippen LogP contribution in [0.3, 0.4) is 0 Å². The lowest BCUT2D eigenvalue weighted by atomic mass is 10.1. The first-order chi connectivity index (χ1) is 13.0. The lowest BCUT2D eigenvalue weighted by Crippen LogP contribution is -2.44. The molecule has 1 unspecified atom stereocenters. The lowest BCUT2D eigenvalue weighted by Gasteiger charge is -2.29. The fraction of sp³-hybridized carbons (Fsp3) is 0.429. The van der Waals surface area contributed by atoms with Gasteiger partial charge in [0.25, 0.3) is 0 Å². The average Bonchev–Trinajstić information content (AvgIpc) is 3.20. The zero-order valence-electron chi connectivity index (χ0n) is 15.9. The molecule has 1 atom stereocenters. The maximum Gasteiger partial charge on any atom is 0.242 e. The zero-order chi connectivity index (χ0) is 19.6. The molecule has 0 N–H and O–H groups in total. The van der Waals surface area contributed by atoms with Crippen LogP contribution in [0, 0.1) is 5.92 Å². The minimum atomic E-state index is -0.193. The number of nitrogens with zero attached hydrogens (tertiary/aromatic N) is 2. The predicted octanol–water partition coefficient (Wildman–Crippen LogP) is 4.39. The Kier molecular flexibility index (Phi) is 8.82. The molecule has 27 heavy (non-hydrogen) atoms. The van der Waals surface area contributed by atoms with Gasteiger partial charge < -0.3 is 9.80 Å². The molecule has 0 bridgehead atoms. The van der Waals surface area contributed by atoms with E-state index in [0.29, 0.717) is 25.6 Å². The Hall–Kier alpha value is -1.85. The molecule has 6 heteroatoms. The third-order valence-electron chi connectivity index (χ3n) is 4.52. The molecule has 0 spiro atoms. The van der Waals surface area contributed by atoms with Crippen LogP contribution in [0.25, 0.3) is 0 Å². The van der Waals surface area contributed by atoms with Crippen LogP contribution < -0.4 is 0 Å². The van der Waals surface area contributed by atoms with Crippen LogP contribution in [0.4, 0.5) is 0 Å². The second-order valence-electron chi connectivity index (χ2n) is 6.74. The van der Waals surface area contributed by atoms with Crippen LogP contribution in [0.5, 0.6) is 0 Å². The Morgan fingerprint density at radius 3 is 2.37 bits per heavy atom. The summed E-state index contributed by atoms with van der Waals surface area (Å²) in [6, 6.07) is 13.9. The number of carbonyl (C=O) groups is 2. The molecule has 0 fully saturated rings. The smallest absolute Gasteiger partial charge is 0.242 e. The summed E-state index contributed by atoms with van der Waals surface area (Å²) < 4.78 is 0. The van der Waals surface area contributed by atoms with Crippen molar-refractivity contribution in [1.82, 2.24) is 9.80 Å². The van der Waals surface area contributed by atoms with E-state index in [-0.39, 0.29) is 24.2 Å². The van der Waals surface area contributed by atoms with Gasteiger partial charge in [0.1, 0.15) is 5.88 Å². The van der Waals surface area contributed by atoms with Crippen molar-refractivity contribution in [3.05, 3.63) is 58.3 Å². The van der Waals surface area contributed by atoms with Crippen molar-refractivity contribution in [3.63, 3.8) is 0 Å². The highest BCUT2D eigenvalue weighted by Gasteiger charge is 2.22. The summed E-state index contributed by atoms with van der Waals surface area (Å²) >= 11 is 7.39. The third-order valence-corrected chi connectivity index (χ3v) is 5.61. The van der Waals surface area contributed by atoms with Crippen molar-refractivity contribution in [1.29, 1.82) is 0 Å². The summed E-state index contributed by atoms with van der Waals surface area (Å²) in [4.78, 5) is 29.8. The molecule has 0 aliphatic rings. The molecule has 2 rings (SSSR count). The molecule has 2 aromatic rings. The van der Waals surface area contributed by atoms with Crippen molar-refractivity contribution in [2.24, 2.45) is 5.92 Å². The Bertz CT molecular complexity index is 706. The number of amides is 2. The van der Waals surface area contributed by atoms with Crippen molar-refractivity contribution < 1.29 is 9.59 Å². The monoisotopic (exact) mass is 406 g/mol. The molecule has 0 aliphatic carbocycles. The summed E-state index contributed by atoms with van der Waals surface area (Å²) in [5.41, 5.74) is 1.07. The highest BCUT2D eigenvalue weighted by atomic mass is 35.5. The Labute approximate surface area is 170 Å². The number of alkyl halides is 1. The van der Waals surface area contributed by atoms with Gasteiger partial charge in [0, 0.05) is 18.0 Å². The number of hydrogen-bond donors (Lipinski definition) is 0. The Morgan fingerprint density at radius 1 is 1.04 bits per heavy atom.